The first-order valence-electron chi connectivity index (χ1n) is 7.57. The van der Waals surface area contributed by atoms with Crippen LogP contribution in [0.1, 0.15) is 5.56 Å². The summed E-state index contributed by atoms with van der Waals surface area (Å²) in [5.74, 6) is 0.864. The molecule has 0 fully saturated rings. The highest BCUT2D eigenvalue weighted by Gasteiger charge is 2.11. The molecule has 0 unspecified atom stereocenters. The molecule has 4 aromatic rings. The molecule has 2 N–H and O–H groups in total. The van der Waals surface area contributed by atoms with Crippen LogP contribution in [0.2, 0.25) is 0 Å². The van der Waals surface area contributed by atoms with Crippen LogP contribution in [0.5, 0.6) is 0 Å². The van der Waals surface area contributed by atoms with Crippen LogP contribution >= 0.6 is 0 Å². The Morgan fingerprint density at radius 1 is 0.913 bits per heavy atom. The minimum atomic E-state index is 0.691. The molecule has 2 aromatic carbocycles. The second-order valence-electron chi connectivity index (χ2n) is 5.38. The molecule has 4 rings (SSSR count). The maximum atomic E-state index is 4.44. The largest absolute Gasteiger partial charge is 0.364 e. The summed E-state index contributed by atoms with van der Waals surface area (Å²) in [6, 6.07) is 20.6. The van der Waals surface area contributed by atoms with Crippen molar-refractivity contribution in [2.24, 2.45) is 0 Å². The third kappa shape index (κ3) is 2.66. The maximum Gasteiger partial charge on any atom is 0.156 e. The van der Waals surface area contributed by atoms with Crippen LogP contribution in [0.25, 0.3) is 22.0 Å². The van der Waals surface area contributed by atoms with Gasteiger partial charge in [-0.1, -0.05) is 48.5 Å². The smallest absolute Gasteiger partial charge is 0.156 e. The first-order chi connectivity index (χ1) is 11.4. The zero-order chi connectivity index (χ0) is 15.5. The number of hydrogen-bond donors (Lipinski definition) is 2. The normalized spacial score (nSPS) is 10.8. The number of fused-ring (bicyclic) bond motifs is 1. The van der Waals surface area contributed by atoms with Crippen LogP contribution in [-0.2, 0) is 6.54 Å². The van der Waals surface area contributed by atoms with Gasteiger partial charge in [-0.2, -0.15) is 5.10 Å². The lowest BCUT2D eigenvalue weighted by atomic mass is 10.0. The van der Waals surface area contributed by atoms with Gasteiger partial charge in [0.2, 0.25) is 0 Å². The van der Waals surface area contributed by atoms with Crippen molar-refractivity contribution in [2.45, 2.75) is 6.54 Å². The van der Waals surface area contributed by atoms with Crippen LogP contribution in [0.15, 0.2) is 73.1 Å². The first kappa shape index (κ1) is 13.5. The molecule has 4 nitrogen and oxygen atoms in total. The minimum absolute atomic E-state index is 0.691. The molecule has 0 atom stereocenters. The van der Waals surface area contributed by atoms with Gasteiger partial charge in [0, 0.05) is 18.9 Å². The van der Waals surface area contributed by atoms with Crippen molar-refractivity contribution in [2.75, 3.05) is 5.32 Å². The fourth-order valence-electron chi connectivity index (χ4n) is 2.75. The lowest BCUT2D eigenvalue weighted by Gasteiger charge is -2.07. The van der Waals surface area contributed by atoms with Crippen LogP contribution in [0.4, 0.5) is 5.82 Å². The van der Waals surface area contributed by atoms with Crippen molar-refractivity contribution in [3.63, 3.8) is 0 Å². The number of hydrogen-bond acceptors (Lipinski definition) is 3. The average Bonchev–Trinajstić information content (AvgIpc) is 3.05. The van der Waals surface area contributed by atoms with E-state index in [0.29, 0.717) is 6.54 Å². The fraction of sp³-hybridized carbons (Fsp3) is 0.0526. The van der Waals surface area contributed by atoms with E-state index in [-0.39, 0.29) is 0 Å². The third-order valence-corrected chi connectivity index (χ3v) is 3.86. The third-order valence-electron chi connectivity index (χ3n) is 3.86. The molecule has 0 radical (unpaired) electrons. The Kier molecular flexibility index (Phi) is 3.48. The first-order valence-corrected chi connectivity index (χ1v) is 7.57. The SMILES string of the molecule is c1ccc(-c2cccc3[nH]nc(NCc4cccnc4)c23)cc1. The lowest BCUT2D eigenvalue weighted by Crippen LogP contribution is -2.00. The van der Waals surface area contributed by atoms with Crippen LogP contribution in [-0.4, -0.2) is 15.2 Å². The summed E-state index contributed by atoms with van der Waals surface area (Å²) in [4.78, 5) is 4.14. The number of nitrogens with one attached hydrogen (secondary N) is 2. The summed E-state index contributed by atoms with van der Waals surface area (Å²) in [5, 5.41) is 12.1. The number of pyridine rings is 1. The summed E-state index contributed by atoms with van der Waals surface area (Å²) in [6.45, 7) is 0.691. The van der Waals surface area contributed by atoms with E-state index in [4.69, 9.17) is 0 Å². The van der Waals surface area contributed by atoms with Gasteiger partial charge in [-0.05, 0) is 28.8 Å². The van der Waals surface area contributed by atoms with Crippen molar-refractivity contribution in [1.82, 2.24) is 15.2 Å². The van der Waals surface area contributed by atoms with Crippen LogP contribution in [0.3, 0.4) is 0 Å². The number of rotatable bonds is 4. The highest BCUT2D eigenvalue weighted by Crippen LogP contribution is 2.32. The Morgan fingerprint density at radius 3 is 2.65 bits per heavy atom. The average molecular weight is 300 g/mol. The van der Waals surface area contributed by atoms with E-state index < -0.39 is 0 Å². The number of benzene rings is 2. The predicted molar refractivity (Wildman–Crippen MR) is 93.1 cm³/mol. The van der Waals surface area contributed by atoms with Crippen molar-refractivity contribution in [3.05, 3.63) is 78.6 Å². The van der Waals surface area contributed by atoms with Crippen molar-refractivity contribution < 1.29 is 0 Å². The number of aromatic amines is 1. The number of nitrogens with zero attached hydrogens (tertiary/aromatic N) is 2. The van der Waals surface area contributed by atoms with E-state index in [2.05, 4.69) is 50.8 Å². The molecular formula is C19H16N4. The standard InChI is InChI=1S/C19H16N4/c1-2-7-15(8-3-1)16-9-4-10-17-18(16)19(23-22-17)21-13-14-6-5-11-20-12-14/h1-12H,13H2,(H2,21,22,23). The number of H-pyrrole nitrogens is 1. The lowest BCUT2D eigenvalue weighted by molar-refractivity contribution is 1.05. The highest BCUT2D eigenvalue weighted by atomic mass is 15.2. The van der Waals surface area contributed by atoms with Gasteiger partial charge in [0.05, 0.1) is 10.9 Å². The van der Waals surface area contributed by atoms with E-state index >= 15 is 0 Å². The van der Waals surface area contributed by atoms with E-state index in [9.17, 15) is 0 Å². The van der Waals surface area contributed by atoms with E-state index in [1.165, 1.54) is 11.1 Å². The Hall–Kier alpha value is -3.14. The number of anilines is 1. The highest BCUT2D eigenvalue weighted by molar-refractivity contribution is 6.02. The Bertz CT molecular complexity index is 914. The molecule has 2 heterocycles. The van der Waals surface area contributed by atoms with Gasteiger partial charge in [0.1, 0.15) is 0 Å². The van der Waals surface area contributed by atoms with Crippen molar-refractivity contribution in [1.29, 1.82) is 0 Å². The van der Waals surface area contributed by atoms with Gasteiger partial charge in [0.25, 0.3) is 0 Å². The van der Waals surface area contributed by atoms with Crippen LogP contribution < -0.4 is 5.32 Å². The molecule has 0 bridgehead atoms. The van der Waals surface area contributed by atoms with Gasteiger partial charge in [0.15, 0.2) is 5.82 Å². The predicted octanol–water partition coefficient (Wildman–Crippen LogP) is 4.24. The molecule has 2 aromatic heterocycles. The van der Waals surface area contributed by atoms with Gasteiger partial charge in [-0.25, -0.2) is 0 Å². The van der Waals surface area contributed by atoms with Gasteiger partial charge in [-0.15, -0.1) is 0 Å². The van der Waals surface area contributed by atoms with E-state index in [0.717, 1.165) is 22.3 Å². The van der Waals surface area contributed by atoms with Gasteiger partial charge < -0.3 is 5.32 Å². The number of aromatic nitrogens is 3. The molecule has 4 heteroatoms. The molecule has 0 aliphatic heterocycles. The summed E-state index contributed by atoms with van der Waals surface area (Å²) in [5.41, 5.74) is 4.51. The van der Waals surface area contributed by atoms with Crippen molar-refractivity contribution >= 4 is 16.7 Å². The molecular weight excluding hydrogens is 284 g/mol. The molecule has 0 saturated carbocycles. The Labute approximate surface area is 134 Å². The maximum absolute atomic E-state index is 4.44. The molecule has 0 spiro atoms. The quantitative estimate of drug-likeness (QED) is 0.593. The topological polar surface area (TPSA) is 53.6 Å². The summed E-state index contributed by atoms with van der Waals surface area (Å²) in [6.07, 6.45) is 3.64. The second kappa shape index (κ2) is 5.93. The van der Waals surface area contributed by atoms with Gasteiger partial charge >= 0.3 is 0 Å². The molecule has 23 heavy (non-hydrogen) atoms. The second-order valence-corrected chi connectivity index (χ2v) is 5.38. The zero-order valence-corrected chi connectivity index (χ0v) is 12.5. The fourth-order valence-corrected chi connectivity index (χ4v) is 2.75. The molecule has 0 aliphatic carbocycles. The summed E-state index contributed by atoms with van der Waals surface area (Å²) in [7, 11) is 0. The van der Waals surface area contributed by atoms with Gasteiger partial charge in [-0.3, -0.25) is 10.1 Å². The van der Waals surface area contributed by atoms with Crippen LogP contribution in [0, 0.1) is 0 Å². The molecule has 0 saturated heterocycles. The molecule has 112 valence electrons. The van der Waals surface area contributed by atoms with Crippen molar-refractivity contribution in [3.8, 4) is 11.1 Å². The Balaban J connectivity index is 1.73. The Morgan fingerprint density at radius 2 is 1.83 bits per heavy atom. The zero-order valence-electron chi connectivity index (χ0n) is 12.5. The monoisotopic (exact) mass is 300 g/mol. The molecule has 0 amide bonds. The summed E-state index contributed by atoms with van der Waals surface area (Å²) >= 11 is 0. The van der Waals surface area contributed by atoms with E-state index in [1.807, 2.05) is 36.5 Å². The van der Waals surface area contributed by atoms with E-state index in [1.54, 1.807) is 6.20 Å². The summed E-state index contributed by atoms with van der Waals surface area (Å²) < 4.78 is 0. The minimum Gasteiger partial charge on any atom is -0.364 e. The molecule has 0 aliphatic rings.